The van der Waals surface area contributed by atoms with E-state index in [0.717, 1.165) is 12.2 Å². The molecular formula is C11H16OS. The van der Waals surface area contributed by atoms with Gasteiger partial charge in [-0.05, 0) is 24.7 Å². The molecule has 0 radical (unpaired) electrons. The zero-order valence-electron chi connectivity index (χ0n) is 7.94. The maximum absolute atomic E-state index is 5.62. The topological polar surface area (TPSA) is 9.23 Å². The Labute approximate surface area is 85.5 Å². The Morgan fingerprint density at radius 2 is 2.00 bits per heavy atom. The van der Waals surface area contributed by atoms with Gasteiger partial charge >= 0.3 is 0 Å². The molecule has 72 valence electrons. The van der Waals surface area contributed by atoms with Crippen LogP contribution < -0.4 is 0 Å². The van der Waals surface area contributed by atoms with Crippen LogP contribution in [0.3, 0.4) is 0 Å². The van der Waals surface area contributed by atoms with Crippen LogP contribution in [0, 0.1) is 0 Å². The van der Waals surface area contributed by atoms with Gasteiger partial charge in [0.05, 0.1) is 12.7 Å². The summed E-state index contributed by atoms with van der Waals surface area (Å²) in [5.41, 5.74) is 1.23. The maximum atomic E-state index is 5.62. The molecule has 0 saturated heterocycles. The molecule has 0 spiro atoms. The zero-order valence-corrected chi connectivity index (χ0v) is 8.84. The number of rotatable bonds is 5. The van der Waals surface area contributed by atoms with Crippen LogP contribution in [0.25, 0.3) is 0 Å². The summed E-state index contributed by atoms with van der Waals surface area (Å²) >= 11 is 4.16. The van der Waals surface area contributed by atoms with E-state index in [1.54, 1.807) is 0 Å². The highest BCUT2D eigenvalue weighted by Crippen LogP contribution is 2.05. The Morgan fingerprint density at radius 3 is 2.62 bits per heavy atom. The zero-order chi connectivity index (χ0) is 9.52. The molecule has 0 fully saturated rings. The summed E-state index contributed by atoms with van der Waals surface area (Å²) in [5.74, 6) is 0.885. The SMILES string of the molecule is CC(CCS)OCc1ccccc1. The van der Waals surface area contributed by atoms with E-state index < -0.39 is 0 Å². The standard InChI is InChI=1S/C11H16OS/c1-10(7-8-13)12-9-11-5-3-2-4-6-11/h2-6,10,13H,7-9H2,1H3. The molecule has 0 heterocycles. The van der Waals surface area contributed by atoms with Gasteiger partial charge in [-0.2, -0.15) is 12.6 Å². The third-order valence-electron chi connectivity index (χ3n) is 1.91. The van der Waals surface area contributed by atoms with E-state index in [2.05, 4.69) is 31.7 Å². The molecule has 1 rings (SSSR count). The van der Waals surface area contributed by atoms with Crippen molar-refractivity contribution < 1.29 is 4.74 Å². The average molecular weight is 196 g/mol. The molecule has 0 aliphatic rings. The molecule has 13 heavy (non-hydrogen) atoms. The van der Waals surface area contributed by atoms with Crippen molar-refractivity contribution in [3.05, 3.63) is 35.9 Å². The highest BCUT2D eigenvalue weighted by atomic mass is 32.1. The Hall–Kier alpha value is -0.470. The molecule has 0 aliphatic carbocycles. The number of hydrogen-bond acceptors (Lipinski definition) is 2. The molecule has 0 N–H and O–H groups in total. The minimum atomic E-state index is 0.303. The predicted octanol–water partition coefficient (Wildman–Crippen LogP) is 2.91. The minimum absolute atomic E-state index is 0.303. The fraction of sp³-hybridized carbons (Fsp3) is 0.455. The van der Waals surface area contributed by atoms with Crippen LogP contribution in [0.1, 0.15) is 18.9 Å². The number of ether oxygens (including phenoxy) is 1. The fourth-order valence-electron chi connectivity index (χ4n) is 1.08. The number of hydrogen-bond donors (Lipinski definition) is 1. The predicted molar refractivity (Wildman–Crippen MR) is 59.2 cm³/mol. The van der Waals surface area contributed by atoms with Crippen LogP contribution in [-0.2, 0) is 11.3 Å². The van der Waals surface area contributed by atoms with Crippen LogP contribution in [0.15, 0.2) is 30.3 Å². The van der Waals surface area contributed by atoms with E-state index in [1.165, 1.54) is 5.56 Å². The molecule has 0 amide bonds. The van der Waals surface area contributed by atoms with Crippen molar-refractivity contribution in [3.63, 3.8) is 0 Å². The minimum Gasteiger partial charge on any atom is -0.374 e. The van der Waals surface area contributed by atoms with E-state index in [0.29, 0.717) is 12.7 Å². The van der Waals surface area contributed by atoms with Crippen molar-refractivity contribution in [1.29, 1.82) is 0 Å². The Bertz CT molecular complexity index is 223. The summed E-state index contributed by atoms with van der Waals surface area (Å²) in [4.78, 5) is 0. The lowest BCUT2D eigenvalue weighted by Crippen LogP contribution is -2.08. The molecule has 1 aromatic rings. The summed E-state index contributed by atoms with van der Waals surface area (Å²) < 4.78 is 5.62. The molecule has 0 saturated carbocycles. The van der Waals surface area contributed by atoms with Gasteiger partial charge in [-0.3, -0.25) is 0 Å². The molecule has 1 unspecified atom stereocenters. The second-order valence-electron chi connectivity index (χ2n) is 3.12. The first-order valence-electron chi connectivity index (χ1n) is 4.59. The van der Waals surface area contributed by atoms with E-state index in [-0.39, 0.29) is 0 Å². The quantitative estimate of drug-likeness (QED) is 0.712. The van der Waals surface area contributed by atoms with Gasteiger partial charge in [0.1, 0.15) is 0 Å². The van der Waals surface area contributed by atoms with Gasteiger partial charge in [-0.1, -0.05) is 30.3 Å². The van der Waals surface area contributed by atoms with Gasteiger partial charge in [0.2, 0.25) is 0 Å². The molecule has 1 nitrogen and oxygen atoms in total. The Balaban J connectivity index is 2.27. The lowest BCUT2D eigenvalue weighted by Gasteiger charge is -2.11. The van der Waals surface area contributed by atoms with Crippen molar-refractivity contribution in [3.8, 4) is 0 Å². The van der Waals surface area contributed by atoms with E-state index in [9.17, 15) is 0 Å². The van der Waals surface area contributed by atoms with Crippen molar-refractivity contribution in [2.24, 2.45) is 0 Å². The largest absolute Gasteiger partial charge is 0.374 e. The second kappa shape index (κ2) is 6.06. The van der Waals surface area contributed by atoms with Gasteiger partial charge in [-0.25, -0.2) is 0 Å². The summed E-state index contributed by atoms with van der Waals surface area (Å²) in [6.07, 6.45) is 1.31. The van der Waals surface area contributed by atoms with Crippen molar-refractivity contribution in [2.75, 3.05) is 5.75 Å². The van der Waals surface area contributed by atoms with E-state index >= 15 is 0 Å². The van der Waals surface area contributed by atoms with Gasteiger partial charge in [0, 0.05) is 0 Å². The third kappa shape index (κ3) is 4.34. The number of thiol groups is 1. The van der Waals surface area contributed by atoms with Gasteiger partial charge in [0.15, 0.2) is 0 Å². The van der Waals surface area contributed by atoms with Crippen LogP contribution in [0.5, 0.6) is 0 Å². The second-order valence-corrected chi connectivity index (χ2v) is 3.57. The molecular weight excluding hydrogens is 180 g/mol. The van der Waals surface area contributed by atoms with Crippen LogP contribution in [0.4, 0.5) is 0 Å². The number of benzene rings is 1. The first-order valence-corrected chi connectivity index (χ1v) is 5.22. The van der Waals surface area contributed by atoms with Crippen molar-refractivity contribution in [1.82, 2.24) is 0 Å². The third-order valence-corrected chi connectivity index (χ3v) is 2.17. The highest BCUT2D eigenvalue weighted by Gasteiger charge is 2.00. The van der Waals surface area contributed by atoms with Crippen molar-refractivity contribution in [2.45, 2.75) is 26.1 Å². The van der Waals surface area contributed by atoms with Gasteiger partial charge in [0.25, 0.3) is 0 Å². The highest BCUT2D eigenvalue weighted by molar-refractivity contribution is 7.80. The van der Waals surface area contributed by atoms with Crippen molar-refractivity contribution >= 4 is 12.6 Å². The lowest BCUT2D eigenvalue weighted by molar-refractivity contribution is 0.0517. The first-order chi connectivity index (χ1) is 6.33. The molecule has 2 heteroatoms. The smallest absolute Gasteiger partial charge is 0.0720 e. The van der Waals surface area contributed by atoms with Crippen LogP contribution >= 0.6 is 12.6 Å². The summed E-state index contributed by atoms with van der Waals surface area (Å²) in [5, 5.41) is 0. The molecule has 0 aliphatic heterocycles. The molecule has 0 bridgehead atoms. The molecule has 1 atom stereocenters. The van der Waals surface area contributed by atoms with Crippen LogP contribution in [0.2, 0.25) is 0 Å². The first kappa shape index (κ1) is 10.6. The van der Waals surface area contributed by atoms with Gasteiger partial charge < -0.3 is 4.74 Å². The monoisotopic (exact) mass is 196 g/mol. The Morgan fingerprint density at radius 1 is 1.31 bits per heavy atom. The summed E-state index contributed by atoms with van der Waals surface area (Å²) in [6, 6.07) is 10.2. The van der Waals surface area contributed by atoms with E-state index in [1.807, 2.05) is 18.2 Å². The Kier molecular flexibility index (Phi) is 4.94. The van der Waals surface area contributed by atoms with E-state index in [4.69, 9.17) is 4.74 Å². The summed E-state index contributed by atoms with van der Waals surface area (Å²) in [7, 11) is 0. The molecule has 0 aromatic heterocycles. The summed E-state index contributed by atoms with van der Waals surface area (Å²) in [6.45, 7) is 2.79. The molecule has 1 aromatic carbocycles. The lowest BCUT2D eigenvalue weighted by atomic mass is 10.2. The van der Waals surface area contributed by atoms with Gasteiger partial charge in [-0.15, -0.1) is 0 Å². The van der Waals surface area contributed by atoms with Crippen LogP contribution in [-0.4, -0.2) is 11.9 Å². The maximum Gasteiger partial charge on any atom is 0.0720 e. The average Bonchev–Trinajstić information content (AvgIpc) is 2.17. The fourth-order valence-corrected chi connectivity index (χ4v) is 1.44. The normalized spacial score (nSPS) is 12.8.